The van der Waals surface area contributed by atoms with Crippen molar-refractivity contribution in [1.82, 2.24) is 10.2 Å². The first-order chi connectivity index (χ1) is 19.7. The highest BCUT2D eigenvalue weighted by molar-refractivity contribution is 7.92. The van der Waals surface area contributed by atoms with Gasteiger partial charge in [-0.25, -0.2) is 8.42 Å². The number of aryl methyl sites for hydroxylation is 2. The fourth-order valence-electron chi connectivity index (χ4n) is 5.39. The summed E-state index contributed by atoms with van der Waals surface area (Å²) in [4.78, 5) is 29.4. The second kappa shape index (κ2) is 13.8. The predicted molar refractivity (Wildman–Crippen MR) is 163 cm³/mol. The highest BCUT2D eigenvalue weighted by atomic mass is 32.2. The molecule has 1 aliphatic carbocycles. The van der Waals surface area contributed by atoms with E-state index in [1.54, 1.807) is 47.4 Å². The lowest BCUT2D eigenvalue weighted by molar-refractivity contribution is -0.140. The Morgan fingerprint density at radius 1 is 0.878 bits per heavy atom. The summed E-state index contributed by atoms with van der Waals surface area (Å²) >= 11 is 0. The van der Waals surface area contributed by atoms with Crippen molar-refractivity contribution in [3.05, 3.63) is 95.6 Å². The Labute approximate surface area is 244 Å². The maximum Gasteiger partial charge on any atom is 0.264 e. The molecule has 0 saturated heterocycles. The van der Waals surface area contributed by atoms with E-state index in [4.69, 9.17) is 0 Å². The zero-order chi connectivity index (χ0) is 29.4. The molecule has 0 aliphatic heterocycles. The number of carbonyl (C=O) groups is 2. The average Bonchev–Trinajstić information content (AvgIpc) is 2.97. The van der Waals surface area contributed by atoms with E-state index in [9.17, 15) is 18.0 Å². The second-order valence-electron chi connectivity index (χ2n) is 10.9. The number of benzene rings is 3. The fourth-order valence-corrected chi connectivity index (χ4v) is 6.80. The molecule has 0 aromatic heterocycles. The Morgan fingerprint density at radius 2 is 1.56 bits per heavy atom. The van der Waals surface area contributed by atoms with Crippen LogP contribution >= 0.6 is 0 Å². The van der Waals surface area contributed by atoms with Crippen LogP contribution in [0.3, 0.4) is 0 Å². The Hall–Kier alpha value is -3.65. The van der Waals surface area contributed by atoms with E-state index >= 15 is 0 Å². The number of nitrogens with zero attached hydrogens (tertiary/aromatic N) is 2. The number of carbonyl (C=O) groups excluding carboxylic acids is 2. The third-order valence-corrected chi connectivity index (χ3v) is 9.50. The van der Waals surface area contributed by atoms with Crippen molar-refractivity contribution in [2.75, 3.05) is 10.8 Å². The summed E-state index contributed by atoms with van der Waals surface area (Å²) in [7, 11) is -4.08. The molecule has 2 amide bonds. The number of sulfonamides is 1. The van der Waals surface area contributed by atoms with Crippen LogP contribution in [0.1, 0.15) is 62.1 Å². The lowest BCUT2D eigenvalue weighted by Gasteiger charge is -2.34. The molecule has 1 fully saturated rings. The summed E-state index contributed by atoms with van der Waals surface area (Å²) < 4.78 is 29.1. The molecule has 0 spiro atoms. The van der Waals surface area contributed by atoms with Gasteiger partial charge in [0.1, 0.15) is 12.6 Å². The lowest BCUT2D eigenvalue weighted by atomic mass is 9.95. The second-order valence-corrected chi connectivity index (χ2v) is 12.8. The first-order valence-electron chi connectivity index (χ1n) is 14.5. The quantitative estimate of drug-likeness (QED) is 0.315. The fraction of sp³-hybridized carbons (Fsp3) is 0.394. The summed E-state index contributed by atoms with van der Waals surface area (Å²) in [5, 5.41) is 3.18. The van der Waals surface area contributed by atoms with Gasteiger partial charge in [0.25, 0.3) is 10.0 Å². The van der Waals surface area contributed by atoms with Crippen molar-refractivity contribution in [1.29, 1.82) is 0 Å². The summed E-state index contributed by atoms with van der Waals surface area (Å²) in [6.45, 7) is 5.43. The van der Waals surface area contributed by atoms with Gasteiger partial charge in [-0.3, -0.25) is 13.9 Å². The molecule has 8 heteroatoms. The zero-order valence-corrected chi connectivity index (χ0v) is 25.1. The van der Waals surface area contributed by atoms with Crippen LogP contribution in [0.5, 0.6) is 0 Å². The zero-order valence-electron chi connectivity index (χ0n) is 24.3. The molecule has 0 bridgehead atoms. The molecule has 0 unspecified atom stereocenters. The van der Waals surface area contributed by atoms with Crippen molar-refractivity contribution in [2.24, 2.45) is 0 Å². The van der Waals surface area contributed by atoms with Crippen LogP contribution in [0, 0.1) is 13.8 Å². The van der Waals surface area contributed by atoms with Gasteiger partial charge < -0.3 is 10.2 Å². The van der Waals surface area contributed by atoms with E-state index in [2.05, 4.69) is 5.32 Å². The molecule has 1 aliphatic rings. The van der Waals surface area contributed by atoms with E-state index in [0.29, 0.717) is 12.1 Å². The van der Waals surface area contributed by atoms with Gasteiger partial charge in [-0.1, -0.05) is 86.3 Å². The van der Waals surface area contributed by atoms with Crippen LogP contribution in [0.4, 0.5) is 5.69 Å². The monoisotopic (exact) mass is 575 g/mol. The van der Waals surface area contributed by atoms with Crippen molar-refractivity contribution in [2.45, 2.75) is 82.8 Å². The van der Waals surface area contributed by atoms with E-state index in [0.717, 1.165) is 46.7 Å². The number of amides is 2. The molecule has 3 aromatic rings. The van der Waals surface area contributed by atoms with Gasteiger partial charge in [0.2, 0.25) is 11.8 Å². The Morgan fingerprint density at radius 3 is 2.20 bits per heavy atom. The van der Waals surface area contributed by atoms with E-state index < -0.39 is 28.5 Å². The largest absolute Gasteiger partial charge is 0.352 e. The lowest BCUT2D eigenvalue weighted by Crippen LogP contribution is -2.54. The van der Waals surface area contributed by atoms with Crippen molar-refractivity contribution >= 4 is 27.5 Å². The molecule has 0 radical (unpaired) electrons. The van der Waals surface area contributed by atoms with Gasteiger partial charge in [-0.15, -0.1) is 0 Å². The smallest absolute Gasteiger partial charge is 0.264 e. The highest BCUT2D eigenvalue weighted by Crippen LogP contribution is 2.26. The number of nitrogens with one attached hydrogen (secondary N) is 1. The van der Waals surface area contributed by atoms with Crippen molar-refractivity contribution in [3.8, 4) is 0 Å². The van der Waals surface area contributed by atoms with Crippen LogP contribution in [-0.2, 0) is 26.2 Å². The number of rotatable bonds is 11. The minimum atomic E-state index is -4.08. The Kier molecular flexibility index (Phi) is 10.2. The van der Waals surface area contributed by atoms with Gasteiger partial charge in [-0.2, -0.15) is 0 Å². The first-order valence-corrected chi connectivity index (χ1v) is 15.9. The molecule has 1 N–H and O–H groups in total. The van der Waals surface area contributed by atoms with Gasteiger partial charge in [0.15, 0.2) is 0 Å². The average molecular weight is 576 g/mol. The Balaban J connectivity index is 1.69. The molecule has 1 atom stereocenters. The first kappa shape index (κ1) is 30.3. The van der Waals surface area contributed by atoms with Gasteiger partial charge >= 0.3 is 0 Å². The maximum atomic E-state index is 14.2. The molecule has 0 heterocycles. The normalized spacial score (nSPS) is 14.7. The highest BCUT2D eigenvalue weighted by Gasteiger charge is 2.34. The topological polar surface area (TPSA) is 86.8 Å². The number of anilines is 1. The van der Waals surface area contributed by atoms with E-state index in [1.165, 1.54) is 6.42 Å². The summed E-state index contributed by atoms with van der Waals surface area (Å²) in [5.74, 6) is -0.621. The molecule has 4 rings (SSSR count). The summed E-state index contributed by atoms with van der Waals surface area (Å²) in [6, 6.07) is 22.6. The van der Waals surface area contributed by atoms with E-state index in [1.807, 2.05) is 57.2 Å². The summed E-state index contributed by atoms with van der Waals surface area (Å²) in [5.41, 5.74) is 3.08. The molecular formula is C33H41N3O4S. The maximum absolute atomic E-state index is 14.2. The standard InChI is InChI=1S/C33H41N3O4S/c1-4-31(33(38)34-28-15-9-6-10-16-28)35(23-27-13-7-5-8-14-27)32(37)24-36(29-17-11-12-26(3)22-29)41(39,40)30-20-18-25(2)19-21-30/h5,7-8,11-14,17-22,28,31H,4,6,9-10,15-16,23-24H2,1-3H3,(H,34,38)/t31-/m1/s1. The minimum absolute atomic E-state index is 0.102. The van der Waals surface area contributed by atoms with Crippen LogP contribution in [-0.4, -0.2) is 43.8 Å². The van der Waals surface area contributed by atoms with Crippen molar-refractivity contribution in [3.63, 3.8) is 0 Å². The number of hydrogen-bond donors (Lipinski definition) is 1. The van der Waals surface area contributed by atoms with Gasteiger partial charge in [0.05, 0.1) is 10.6 Å². The third kappa shape index (κ3) is 7.76. The number of hydrogen-bond acceptors (Lipinski definition) is 4. The third-order valence-electron chi connectivity index (χ3n) is 7.71. The minimum Gasteiger partial charge on any atom is -0.352 e. The van der Waals surface area contributed by atoms with E-state index in [-0.39, 0.29) is 23.4 Å². The molecular weight excluding hydrogens is 534 g/mol. The Bertz CT molecular complexity index is 1420. The molecule has 3 aromatic carbocycles. The molecule has 1 saturated carbocycles. The van der Waals surface area contributed by atoms with Gasteiger partial charge in [0, 0.05) is 12.6 Å². The predicted octanol–water partition coefficient (Wildman–Crippen LogP) is 5.76. The van der Waals surface area contributed by atoms with Crippen LogP contribution in [0.2, 0.25) is 0 Å². The van der Waals surface area contributed by atoms with Crippen LogP contribution in [0.25, 0.3) is 0 Å². The molecule has 7 nitrogen and oxygen atoms in total. The van der Waals surface area contributed by atoms with Gasteiger partial charge in [-0.05, 0) is 68.5 Å². The SMILES string of the molecule is CC[C@H](C(=O)NC1CCCCC1)N(Cc1ccccc1)C(=O)CN(c1cccc(C)c1)S(=O)(=O)c1ccc(C)cc1. The molecule has 218 valence electrons. The van der Waals surface area contributed by atoms with Crippen LogP contribution in [0.15, 0.2) is 83.8 Å². The van der Waals surface area contributed by atoms with Crippen LogP contribution < -0.4 is 9.62 Å². The molecule has 41 heavy (non-hydrogen) atoms. The van der Waals surface area contributed by atoms with Crippen molar-refractivity contribution < 1.29 is 18.0 Å². The summed E-state index contributed by atoms with van der Waals surface area (Å²) in [6.07, 6.45) is 5.61.